The number of nitrogens with one attached hydrogen (secondary N) is 1. The molecule has 0 aliphatic rings. The second-order valence-corrected chi connectivity index (χ2v) is 7.83. The lowest BCUT2D eigenvalue weighted by molar-refractivity contribution is -0.122. The molecule has 1 atom stereocenters. The molecule has 1 unspecified atom stereocenters. The van der Waals surface area contributed by atoms with Crippen molar-refractivity contribution in [2.75, 3.05) is 0 Å². The summed E-state index contributed by atoms with van der Waals surface area (Å²) < 4.78 is 1.35. The van der Waals surface area contributed by atoms with Gasteiger partial charge in [-0.25, -0.2) is 4.98 Å². The van der Waals surface area contributed by atoms with Gasteiger partial charge >= 0.3 is 0 Å². The molecule has 0 aliphatic heterocycles. The zero-order valence-corrected chi connectivity index (χ0v) is 16.1. The van der Waals surface area contributed by atoms with E-state index in [0.717, 1.165) is 16.1 Å². The second kappa shape index (κ2) is 7.42. The highest BCUT2D eigenvalue weighted by atomic mass is 32.1. The predicted molar refractivity (Wildman–Crippen MR) is 108 cm³/mol. The first-order valence-electron chi connectivity index (χ1n) is 8.34. The Labute approximate surface area is 163 Å². The molecule has 4 rings (SSSR count). The van der Waals surface area contributed by atoms with E-state index >= 15 is 0 Å². The van der Waals surface area contributed by atoms with Gasteiger partial charge in [0.1, 0.15) is 11.4 Å². The van der Waals surface area contributed by atoms with Crippen LogP contribution in [0, 0.1) is 0 Å². The van der Waals surface area contributed by atoms with E-state index in [9.17, 15) is 9.59 Å². The van der Waals surface area contributed by atoms with Crippen molar-refractivity contribution in [2.24, 2.45) is 0 Å². The van der Waals surface area contributed by atoms with Crippen molar-refractivity contribution in [1.29, 1.82) is 0 Å². The van der Waals surface area contributed by atoms with Crippen LogP contribution in [0.4, 0.5) is 0 Å². The summed E-state index contributed by atoms with van der Waals surface area (Å²) in [5.74, 6) is -0.260. The molecule has 0 radical (unpaired) electrons. The van der Waals surface area contributed by atoms with E-state index in [4.69, 9.17) is 0 Å². The van der Waals surface area contributed by atoms with E-state index < -0.39 is 0 Å². The van der Waals surface area contributed by atoms with Crippen LogP contribution < -0.4 is 10.9 Å². The predicted octanol–water partition coefficient (Wildman–Crippen LogP) is 3.46. The molecular formula is C19H16N4O2S2. The van der Waals surface area contributed by atoms with E-state index in [2.05, 4.69) is 15.3 Å². The van der Waals surface area contributed by atoms with Gasteiger partial charge in [-0.05, 0) is 30.5 Å². The molecule has 4 aromatic heterocycles. The normalized spacial score (nSPS) is 12.2. The molecule has 0 aliphatic carbocycles. The molecule has 4 heterocycles. The Balaban J connectivity index is 1.59. The Hall–Kier alpha value is -2.84. The Morgan fingerprint density at radius 2 is 2.11 bits per heavy atom. The third-order valence-electron chi connectivity index (χ3n) is 4.17. The fourth-order valence-electron chi connectivity index (χ4n) is 2.84. The Bertz CT molecular complexity index is 1130. The van der Waals surface area contributed by atoms with Crippen molar-refractivity contribution in [3.8, 4) is 10.4 Å². The number of carbonyl (C=O) groups excluding carboxylic acids is 1. The van der Waals surface area contributed by atoms with Gasteiger partial charge in [0.05, 0.1) is 23.4 Å². The lowest BCUT2D eigenvalue weighted by Gasteiger charge is -2.14. The fraction of sp³-hybridized carbons (Fsp3) is 0.158. The van der Waals surface area contributed by atoms with Crippen LogP contribution in [0.25, 0.3) is 20.7 Å². The van der Waals surface area contributed by atoms with Crippen LogP contribution in [0.15, 0.2) is 58.4 Å². The first-order chi connectivity index (χ1) is 13.1. The molecule has 0 aromatic carbocycles. The molecule has 0 saturated carbocycles. The number of hydrogen-bond donors (Lipinski definition) is 1. The number of rotatable bonds is 5. The number of thiophene rings is 2. The Morgan fingerprint density at radius 1 is 1.22 bits per heavy atom. The molecule has 8 heteroatoms. The van der Waals surface area contributed by atoms with Crippen molar-refractivity contribution in [1.82, 2.24) is 19.9 Å². The van der Waals surface area contributed by atoms with Gasteiger partial charge in [0.2, 0.25) is 5.91 Å². The largest absolute Gasteiger partial charge is 0.346 e. The van der Waals surface area contributed by atoms with Crippen molar-refractivity contribution in [2.45, 2.75) is 19.5 Å². The number of nitrogens with zero attached hydrogens (tertiary/aromatic N) is 3. The molecule has 1 amide bonds. The zero-order valence-electron chi connectivity index (χ0n) is 14.5. The first-order valence-corrected chi connectivity index (χ1v) is 10.1. The molecule has 6 nitrogen and oxygen atoms in total. The van der Waals surface area contributed by atoms with Gasteiger partial charge < -0.3 is 5.32 Å². The minimum absolute atomic E-state index is 0.0846. The van der Waals surface area contributed by atoms with Crippen molar-refractivity contribution < 1.29 is 4.79 Å². The number of amides is 1. The van der Waals surface area contributed by atoms with Crippen LogP contribution in [0.3, 0.4) is 0 Å². The fourth-order valence-corrected chi connectivity index (χ4v) is 4.56. The molecular weight excluding hydrogens is 380 g/mol. The lowest BCUT2D eigenvalue weighted by atomic mass is 10.2. The van der Waals surface area contributed by atoms with Crippen molar-refractivity contribution in [3.05, 3.63) is 69.7 Å². The molecule has 27 heavy (non-hydrogen) atoms. The lowest BCUT2D eigenvalue weighted by Crippen LogP contribution is -2.34. The quantitative estimate of drug-likeness (QED) is 0.560. The minimum atomic E-state index is -0.260. The van der Waals surface area contributed by atoms with E-state index in [1.807, 2.05) is 48.0 Å². The van der Waals surface area contributed by atoms with Crippen molar-refractivity contribution >= 4 is 38.8 Å². The third-order valence-corrected chi connectivity index (χ3v) is 5.96. The smallest absolute Gasteiger partial charge is 0.263 e. The van der Waals surface area contributed by atoms with Gasteiger partial charge in [0.15, 0.2) is 0 Å². The summed E-state index contributed by atoms with van der Waals surface area (Å²) in [6.45, 7) is 1.77. The molecule has 0 fully saturated rings. The molecule has 136 valence electrons. The zero-order chi connectivity index (χ0) is 18.8. The summed E-state index contributed by atoms with van der Waals surface area (Å²) in [6, 6.07) is 9.23. The summed E-state index contributed by atoms with van der Waals surface area (Å²) >= 11 is 3.01. The molecule has 0 saturated heterocycles. The second-order valence-electron chi connectivity index (χ2n) is 6.03. The number of aromatic nitrogens is 3. The summed E-state index contributed by atoms with van der Waals surface area (Å²) in [6.07, 6.45) is 3.12. The van der Waals surface area contributed by atoms with Gasteiger partial charge in [0, 0.05) is 22.0 Å². The van der Waals surface area contributed by atoms with Gasteiger partial charge in [0.25, 0.3) is 5.56 Å². The maximum Gasteiger partial charge on any atom is 0.263 e. The van der Waals surface area contributed by atoms with E-state index in [1.165, 1.54) is 22.2 Å². The van der Waals surface area contributed by atoms with Crippen LogP contribution in [0.1, 0.15) is 18.7 Å². The highest BCUT2D eigenvalue weighted by Crippen LogP contribution is 2.33. The Kier molecular flexibility index (Phi) is 4.83. The van der Waals surface area contributed by atoms with Gasteiger partial charge in [-0.3, -0.25) is 19.1 Å². The molecule has 0 spiro atoms. The maximum atomic E-state index is 12.9. The van der Waals surface area contributed by atoms with E-state index in [1.54, 1.807) is 17.5 Å². The minimum Gasteiger partial charge on any atom is -0.346 e. The van der Waals surface area contributed by atoms with Gasteiger partial charge in [-0.15, -0.1) is 22.7 Å². The Morgan fingerprint density at radius 3 is 2.85 bits per heavy atom. The summed E-state index contributed by atoms with van der Waals surface area (Å²) in [7, 11) is 0. The van der Waals surface area contributed by atoms with E-state index in [-0.39, 0.29) is 24.1 Å². The van der Waals surface area contributed by atoms with Gasteiger partial charge in [-0.2, -0.15) is 0 Å². The van der Waals surface area contributed by atoms with E-state index in [0.29, 0.717) is 10.2 Å². The van der Waals surface area contributed by atoms with Crippen LogP contribution in [-0.2, 0) is 11.3 Å². The van der Waals surface area contributed by atoms with Crippen LogP contribution in [0.2, 0.25) is 0 Å². The number of hydrogen-bond acceptors (Lipinski definition) is 6. The van der Waals surface area contributed by atoms with Crippen molar-refractivity contribution in [3.63, 3.8) is 0 Å². The highest BCUT2D eigenvalue weighted by Gasteiger charge is 2.16. The summed E-state index contributed by atoms with van der Waals surface area (Å²) in [5, 5.41) is 7.35. The molecule has 1 N–H and O–H groups in total. The summed E-state index contributed by atoms with van der Waals surface area (Å²) in [5.41, 5.74) is 1.44. The first kappa shape index (κ1) is 17.6. The maximum absolute atomic E-state index is 12.9. The average molecular weight is 396 g/mol. The highest BCUT2D eigenvalue weighted by molar-refractivity contribution is 7.18. The van der Waals surface area contributed by atoms with Crippen LogP contribution in [0.5, 0.6) is 0 Å². The number of pyridine rings is 1. The topological polar surface area (TPSA) is 76.9 Å². The molecule has 0 bridgehead atoms. The SMILES string of the molecule is CC(NC(=O)Cn1cnc2scc(-c3cccs3)c2c1=O)c1ccccn1. The van der Waals surface area contributed by atoms with Crippen LogP contribution >= 0.6 is 22.7 Å². The molecule has 4 aromatic rings. The third kappa shape index (κ3) is 3.54. The number of fused-ring (bicyclic) bond motifs is 1. The van der Waals surface area contributed by atoms with Crippen LogP contribution in [-0.4, -0.2) is 20.4 Å². The monoisotopic (exact) mass is 396 g/mol. The number of carbonyl (C=O) groups is 1. The average Bonchev–Trinajstić information content (AvgIpc) is 3.34. The summed E-state index contributed by atoms with van der Waals surface area (Å²) in [4.78, 5) is 35.6. The van der Waals surface area contributed by atoms with Gasteiger partial charge in [-0.1, -0.05) is 12.1 Å². The standard InChI is InChI=1S/C19H16N4O2S2/c1-12(14-5-2-3-7-20-14)22-16(24)9-23-11-21-18-17(19(23)25)13(10-27-18)15-6-4-8-26-15/h2-8,10-12H,9H2,1H3,(H,22,24).